The minimum Gasteiger partial charge on any atom is -0.454 e. The van der Waals surface area contributed by atoms with Gasteiger partial charge in [-0.25, -0.2) is 4.79 Å². The largest absolute Gasteiger partial charge is 0.454 e. The lowest BCUT2D eigenvalue weighted by molar-refractivity contribution is 0.174. The molecule has 1 atom stereocenters. The molecule has 0 saturated carbocycles. The molecule has 1 heterocycles. The van der Waals surface area contributed by atoms with Crippen molar-refractivity contribution >= 4 is 11.7 Å². The van der Waals surface area contributed by atoms with Crippen molar-refractivity contribution in [2.45, 2.75) is 19.9 Å². The molecule has 2 amide bonds. The number of benzene rings is 2. The van der Waals surface area contributed by atoms with Gasteiger partial charge in [0.1, 0.15) is 0 Å². The molecule has 2 aromatic rings. The number of likely N-dealkylation sites (N-methyl/N-ethyl adjacent to an activating group) is 1. The number of hydrogen-bond acceptors (Lipinski definition) is 4. The van der Waals surface area contributed by atoms with E-state index in [1.807, 2.05) is 18.2 Å². The van der Waals surface area contributed by atoms with E-state index in [1.54, 1.807) is 18.2 Å². The van der Waals surface area contributed by atoms with Gasteiger partial charge in [-0.05, 0) is 30.8 Å². The summed E-state index contributed by atoms with van der Waals surface area (Å²) in [5.74, 6) is 1.34. The van der Waals surface area contributed by atoms with Crippen LogP contribution >= 0.6 is 0 Å². The molecule has 1 aliphatic rings. The normalized spacial score (nSPS) is 13.5. The number of carbonyl (C=O) groups is 1. The van der Waals surface area contributed by atoms with Crippen molar-refractivity contribution in [2.75, 3.05) is 31.7 Å². The summed E-state index contributed by atoms with van der Waals surface area (Å²) in [7, 11) is 0. The van der Waals surface area contributed by atoms with Crippen LogP contribution in [0.15, 0.2) is 48.5 Å². The summed E-state index contributed by atoms with van der Waals surface area (Å²) in [5, 5.41) is 5.83. The number of nitrogens with zero attached hydrogens (tertiary/aromatic N) is 1. The maximum atomic E-state index is 12.3. The number of urea groups is 1. The van der Waals surface area contributed by atoms with Gasteiger partial charge in [0.2, 0.25) is 6.79 Å². The molecule has 0 aliphatic carbocycles. The Balaban J connectivity index is 1.62. The van der Waals surface area contributed by atoms with Gasteiger partial charge in [0.25, 0.3) is 0 Å². The van der Waals surface area contributed by atoms with E-state index in [0.29, 0.717) is 23.7 Å². The second-order valence-electron chi connectivity index (χ2n) is 6.05. The fourth-order valence-corrected chi connectivity index (χ4v) is 3.14. The average molecular weight is 355 g/mol. The zero-order valence-corrected chi connectivity index (χ0v) is 15.2. The van der Waals surface area contributed by atoms with Crippen LogP contribution in [0.1, 0.15) is 25.5 Å². The van der Waals surface area contributed by atoms with E-state index in [9.17, 15) is 4.79 Å². The third kappa shape index (κ3) is 4.26. The number of ether oxygens (including phenoxy) is 2. The van der Waals surface area contributed by atoms with Crippen LogP contribution in [-0.4, -0.2) is 37.4 Å². The summed E-state index contributed by atoms with van der Waals surface area (Å²) in [6.07, 6.45) is 0. The average Bonchev–Trinajstić information content (AvgIpc) is 3.13. The lowest BCUT2D eigenvalue weighted by Crippen LogP contribution is -2.39. The first kappa shape index (κ1) is 18.1. The molecule has 0 saturated heterocycles. The van der Waals surface area contributed by atoms with Crippen LogP contribution in [0.2, 0.25) is 0 Å². The fraction of sp³-hybridized carbons (Fsp3) is 0.350. The van der Waals surface area contributed by atoms with E-state index in [1.165, 1.54) is 5.56 Å². The molecule has 0 aromatic heterocycles. The van der Waals surface area contributed by atoms with E-state index in [2.05, 4.69) is 41.5 Å². The lowest BCUT2D eigenvalue weighted by Gasteiger charge is -2.30. The third-order valence-corrected chi connectivity index (χ3v) is 4.52. The van der Waals surface area contributed by atoms with Crippen molar-refractivity contribution in [1.82, 2.24) is 10.2 Å². The Morgan fingerprint density at radius 2 is 1.81 bits per heavy atom. The highest BCUT2D eigenvalue weighted by Crippen LogP contribution is 2.34. The second-order valence-corrected chi connectivity index (χ2v) is 6.05. The van der Waals surface area contributed by atoms with Crippen LogP contribution in [0.25, 0.3) is 0 Å². The van der Waals surface area contributed by atoms with Gasteiger partial charge in [-0.2, -0.15) is 0 Å². The monoisotopic (exact) mass is 355 g/mol. The van der Waals surface area contributed by atoms with Crippen LogP contribution in [0.5, 0.6) is 11.5 Å². The van der Waals surface area contributed by atoms with Crippen LogP contribution in [0.3, 0.4) is 0 Å². The molecule has 6 heteroatoms. The number of amides is 2. The molecule has 2 aromatic carbocycles. The summed E-state index contributed by atoms with van der Waals surface area (Å²) in [5.41, 5.74) is 1.87. The van der Waals surface area contributed by atoms with E-state index < -0.39 is 0 Å². The van der Waals surface area contributed by atoms with Gasteiger partial charge in [-0.15, -0.1) is 0 Å². The Bertz CT molecular complexity index is 732. The summed E-state index contributed by atoms with van der Waals surface area (Å²) < 4.78 is 10.6. The van der Waals surface area contributed by atoms with Gasteiger partial charge in [-0.1, -0.05) is 44.2 Å². The predicted molar refractivity (Wildman–Crippen MR) is 102 cm³/mol. The number of hydrogen-bond donors (Lipinski definition) is 2. The van der Waals surface area contributed by atoms with Gasteiger partial charge in [0, 0.05) is 18.3 Å². The molecule has 2 N–H and O–H groups in total. The fourth-order valence-electron chi connectivity index (χ4n) is 3.14. The Kier molecular flexibility index (Phi) is 5.96. The highest BCUT2D eigenvalue weighted by atomic mass is 16.7. The Morgan fingerprint density at radius 1 is 1.08 bits per heavy atom. The van der Waals surface area contributed by atoms with Gasteiger partial charge in [-0.3, -0.25) is 4.90 Å². The van der Waals surface area contributed by atoms with E-state index in [4.69, 9.17) is 9.47 Å². The quantitative estimate of drug-likeness (QED) is 0.796. The maximum Gasteiger partial charge on any atom is 0.319 e. The molecule has 6 nitrogen and oxygen atoms in total. The smallest absolute Gasteiger partial charge is 0.319 e. The molecule has 3 rings (SSSR count). The Morgan fingerprint density at radius 3 is 2.54 bits per heavy atom. The molecule has 1 unspecified atom stereocenters. The van der Waals surface area contributed by atoms with Gasteiger partial charge < -0.3 is 20.1 Å². The molecule has 0 radical (unpaired) electrons. The summed E-state index contributed by atoms with van der Waals surface area (Å²) in [6.45, 7) is 6.84. The van der Waals surface area contributed by atoms with Crippen molar-refractivity contribution in [3.05, 3.63) is 54.1 Å². The highest BCUT2D eigenvalue weighted by Gasteiger charge is 2.19. The summed E-state index contributed by atoms with van der Waals surface area (Å²) in [6, 6.07) is 15.5. The number of carbonyl (C=O) groups excluding carboxylic acids is 1. The topological polar surface area (TPSA) is 62.8 Å². The number of rotatable bonds is 7. The van der Waals surface area contributed by atoms with Crippen LogP contribution in [0, 0.1) is 0 Å². The molecule has 26 heavy (non-hydrogen) atoms. The van der Waals surface area contributed by atoms with E-state index in [-0.39, 0.29) is 18.9 Å². The third-order valence-electron chi connectivity index (χ3n) is 4.52. The van der Waals surface area contributed by atoms with Crippen LogP contribution in [-0.2, 0) is 0 Å². The molecule has 0 spiro atoms. The minimum absolute atomic E-state index is 0.133. The van der Waals surface area contributed by atoms with Crippen molar-refractivity contribution in [3.63, 3.8) is 0 Å². The zero-order chi connectivity index (χ0) is 18.4. The van der Waals surface area contributed by atoms with Crippen LogP contribution < -0.4 is 20.1 Å². The SMILES string of the molecule is CCN(CC)C(CNC(=O)Nc1ccc2c(c1)OCO2)c1ccccc1. The van der Waals surface area contributed by atoms with Crippen LogP contribution in [0.4, 0.5) is 10.5 Å². The molecule has 1 aliphatic heterocycles. The van der Waals surface area contributed by atoms with Crippen molar-refractivity contribution < 1.29 is 14.3 Å². The molecular weight excluding hydrogens is 330 g/mol. The Labute approximate surface area is 154 Å². The lowest BCUT2D eigenvalue weighted by atomic mass is 10.1. The maximum absolute atomic E-state index is 12.3. The van der Waals surface area contributed by atoms with Crippen molar-refractivity contribution in [1.29, 1.82) is 0 Å². The molecule has 138 valence electrons. The van der Waals surface area contributed by atoms with E-state index >= 15 is 0 Å². The second kappa shape index (κ2) is 8.58. The first-order chi connectivity index (χ1) is 12.7. The number of anilines is 1. The Hall–Kier alpha value is -2.73. The van der Waals surface area contributed by atoms with E-state index in [0.717, 1.165) is 13.1 Å². The summed E-state index contributed by atoms with van der Waals surface area (Å²) >= 11 is 0. The van der Waals surface area contributed by atoms with Gasteiger partial charge >= 0.3 is 6.03 Å². The number of nitrogens with one attached hydrogen (secondary N) is 2. The summed E-state index contributed by atoms with van der Waals surface area (Å²) in [4.78, 5) is 14.7. The molecular formula is C20H25N3O3. The molecule has 0 bridgehead atoms. The first-order valence-corrected chi connectivity index (χ1v) is 8.94. The predicted octanol–water partition coefficient (Wildman–Crippen LogP) is 3.62. The van der Waals surface area contributed by atoms with Gasteiger partial charge in [0.05, 0.1) is 6.04 Å². The first-order valence-electron chi connectivity index (χ1n) is 8.94. The van der Waals surface area contributed by atoms with Crippen molar-refractivity contribution in [2.24, 2.45) is 0 Å². The molecule has 0 fully saturated rings. The standard InChI is InChI=1S/C20H25N3O3/c1-3-23(4-2)17(15-8-6-5-7-9-15)13-21-20(24)22-16-10-11-18-19(12-16)26-14-25-18/h5-12,17H,3-4,13-14H2,1-2H3,(H2,21,22,24). The zero-order valence-electron chi connectivity index (χ0n) is 15.2. The minimum atomic E-state index is -0.239. The van der Waals surface area contributed by atoms with Crippen molar-refractivity contribution in [3.8, 4) is 11.5 Å². The highest BCUT2D eigenvalue weighted by molar-refractivity contribution is 5.89. The van der Waals surface area contributed by atoms with Gasteiger partial charge in [0.15, 0.2) is 11.5 Å². The number of fused-ring (bicyclic) bond motifs is 1.